The third kappa shape index (κ3) is 3.89. The lowest BCUT2D eigenvalue weighted by molar-refractivity contribution is -0.303. The summed E-state index contributed by atoms with van der Waals surface area (Å²) in [5.41, 5.74) is -0.238. The molecule has 0 aromatic carbocycles. The highest BCUT2D eigenvalue weighted by molar-refractivity contribution is 4.85. The van der Waals surface area contributed by atoms with E-state index in [2.05, 4.69) is 10.9 Å². The highest BCUT2D eigenvalue weighted by Crippen LogP contribution is 2.31. The minimum Gasteiger partial charge on any atom is -0.352 e. The summed E-state index contributed by atoms with van der Waals surface area (Å²) in [6.07, 6.45) is 1.07. The molecule has 2 heterocycles. The van der Waals surface area contributed by atoms with Crippen molar-refractivity contribution in [3.63, 3.8) is 0 Å². The summed E-state index contributed by atoms with van der Waals surface area (Å²) in [6.45, 7) is 9.27. The molecule has 0 aliphatic carbocycles. The Morgan fingerprint density at radius 2 is 1.58 bits per heavy atom. The quantitative estimate of drug-likeness (QED) is 0.718. The molecular formula is C13H18N2O4. The highest BCUT2D eigenvalue weighted by atomic mass is 16.7. The number of hydrogen-bond acceptors (Lipinski definition) is 5. The molecule has 0 radical (unpaired) electrons. The molecule has 0 atom stereocenters. The first kappa shape index (κ1) is 14.2. The topological polar surface area (TPSA) is 65.1 Å². The molecule has 0 amide bonds. The Labute approximate surface area is 113 Å². The van der Waals surface area contributed by atoms with Gasteiger partial charge in [-0.15, -0.1) is 0 Å². The smallest absolute Gasteiger partial charge is 0.219 e. The molecule has 0 N–H and O–H groups in total. The van der Waals surface area contributed by atoms with E-state index >= 15 is 0 Å². The third-order valence-electron chi connectivity index (χ3n) is 3.27. The van der Waals surface area contributed by atoms with Gasteiger partial charge in [-0.1, -0.05) is 0 Å². The first-order valence-corrected chi connectivity index (χ1v) is 6.45. The van der Waals surface area contributed by atoms with Gasteiger partial charge in [-0.2, -0.15) is 5.26 Å². The van der Waals surface area contributed by atoms with Crippen molar-refractivity contribution in [2.45, 2.75) is 31.8 Å². The summed E-state index contributed by atoms with van der Waals surface area (Å²) in [4.78, 5) is 3.29. The molecule has 104 valence electrons. The fourth-order valence-corrected chi connectivity index (χ4v) is 2.11. The van der Waals surface area contributed by atoms with Crippen LogP contribution in [0.4, 0.5) is 0 Å². The first-order chi connectivity index (χ1) is 9.28. The molecule has 0 unspecified atom stereocenters. The lowest BCUT2D eigenvalue weighted by atomic mass is 9.90. The van der Waals surface area contributed by atoms with Gasteiger partial charge >= 0.3 is 0 Å². The van der Waals surface area contributed by atoms with Crippen molar-refractivity contribution in [3.8, 4) is 6.07 Å². The number of rotatable bonds is 4. The van der Waals surface area contributed by atoms with Crippen LogP contribution in [0.25, 0.3) is 4.85 Å². The minimum atomic E-state index is -0.287. The Morgan fingerprint density at radius 3 is 2.05 bits per heavy atom. The molecule has 0 aromatic heterocycles. The lowest BCUT2D eigenvalue weighted by Gasteiger charge is -2.43. The summed E-state index contributed by atoms with van der Waals surface area (Å²) in [6, 6.07) is 2.08. The van der Waals surface area contributed by atoms with Gasteiger partial charge in [0.2, 0.25) is 6.54 Å². The predicted octanol–water partition coefficient (Wildman–Crippen LogP) is 1.33. The second kappa shape index (κ2) is 6.83. The maximum Gasteiger partial charge on any atom is 0.219 e. The third-order valence-corrected chi connectivity index (χ3v) is 3.27. The van der Waals surface area contributed by atoms with E-state index in [4.69, 9.17) is 30.8 Å². The first-order valence-electron chi connectivity index (χ1n) is 6.45. The zero-order valence-electron chi connectivity index (χ0n) is 10.8. The van der Waals surface area contributed by atoms with Crippen molar-refractivity contribution in [1.29, 1.82) is 5.26 Å². The molecular weight excluding hydrogens is 248 g/mol. The molecule has 6 heteroatoms. The molecule has 0 bridgehead atoms. The Balaban J connectivity index is 1.72. The summed E-state index contributed by atoms with van der Waals surface area (Å²) in [5, 5.41) is 8.52. The van der Waals surface area contributed by atoms with Gasteiger partial charge < -0.3 is 23.8 Å². The fraction of sp³-hybridized carbons (Fsp3) is 0.846. The van der Waals surface area contributed by atoms with E-state index in [1.165, 1.54) is 0 Å². The van der Waals surface area contributed by atoms with Crippen LogP contribution in [0.1, 0.15) is 19.3 Å². The van der Waals surface area contributed by atoms with Crippen LogP contribution in [-0.4, -0.2) is 45.6 Å². The molecule has 2 aliphatic heterocycles. The average molecular weight is 266 g/mol. The second-order valence-corrected chi connectivity index (χ2v) is 4.97. The predicted molar refractivity (Wildman–Crippen MR) is 64.8 cm³/mol. The minimum absolute atomic E-state index is 0.238. The van der Waals surface area contributed by atoms with Crippen LogP contribution < -0.4 is 0 Å². The molecule has 2 fully saturated rings. The van der Waals surface area contributed by atoms with E-state index in [-0.39, 0.29) is 18.0 Å². The van der Waals surface area contributed by atoms with E-state index in [0.29, 0.717) is 52.2 Å². The molecule has 0 aromatic rings. The number of nitriles is 1. The van der Waals surface area contributed by atoms with Crippen molar-refractivity contribution >= 4 is 0 Å². The summed E-state index contributed by atoms with van der Waals surface area (Å²) < 4.78 is 22.4. The van der Waals surface area contributed by atoms with Gasteiger partial charge in [-0.3, -0.25) is 0 Å². The van der Waals surface area contributed by atoms with Gasteiger partial charge in [0, 0.05) is 12.8 Å². The Bertz CT molecular complexity index is 318. The maximum atomic E-state index is 8.52. The molecule has 0 saturated carbocycles. The fourth-order valence-electron chi connectivity index (χ4n) is 2.11. The van der Waals surface area contributed by atoms with E-state index < -0.39 is 0 Å². The molecule has 2 saturated heterocycles. The van der Waals surface area contributed by atoms with Crippen LogP contribution in [0.3, 0.4) is 0 Å². The normalized spacial score (nSPS) is 34.6. The van der Waals surface area contributed by atoms with Gasteiger partial charge in [0.15, 0.2) is 12.6 Å². The SMILES string of the molecule is [C-]#[N+]CCC1OCC2(COC(CCC#N)OC2)CO1. The zero-order valence-corrected chi connectivity index (χ0v) is 10.8. The molecule has 1 spiro atoms. The number of ether oxygens (including phenoxy) is 4. The van der Waals surface area contributed by atoms with Crippen LogP contribution >= 0.6 is 0 Å². The van der Waals surface area contributed by atoms with Crippen LogP contribution in [0.2, 0.25) is 0 Å². The Kier molecular flexibility index (Phi) is 5.12. The van der Waals surface area contributed by atoms with E-state index in [0.717, 1.165) is 0 Å². The largest absolute Gasteiger partial charge is 0.352 e. The molecule has 2 rings (SSSR count). The van der Waals surface area contributed by atoms with Crippen LogP contribution in [-0.2, 0) is 18.9 Å². The Morgan fingerprint density at radius 1 is 1.05 bits per heavy atom. The van der Waals surface area contributed by atoms with E-state index in [9.17, 15) is 0 Å². The van der Waals surface area contributed by atoms with Crippen molar-refractivity contribution in [1.82, 2.24) is 0 Å². The van der Waals surface area contributed by atoms with E-state index in [1.54, 1.807) is 0 Å². The van der Waals surface area contributed by atoms with Crippen LogP contribution in [0, 0.1) is 23.3 Å². The highest BCUT2D eigenvalue weighted by Gasteiger charge is 2.41. The Hall–Kier alpha value is -1.18. The van der Waals surface area contributed by atoms with E-state index in [1.807, 2.05) is 0 Å². The van der Waals surface area contributed by atoms with Gasteiger partial charge in [0.25, 0.3) is 0 Å². The van der Waals surface area contributed by atoms with Gasteiger partial charge in [-0.25, -0.2) is 6.57 Å². The zero-order chi connectivity index (χ0) is 13.6. The van der Waals surface area contributed by atoms with Crippen LogP contribution in [0.15, 0.2) is 0 Å². The standard InChI is InChI=1S/C13H18N2O4/c1-15-6-4-12-18-9-13(10-19-12)7-16-11(17-8-13)3-2-5-14/h11-12H,2-4,6-10H2. The van der Waals surface area contributed by atoms with Gasteiger partial charge in [0.1, 0.15) is 0 Å². The van der Waals surface area contributed by atoms with Gasteiger partial charge in [-0.05, 0) is 0 Å². The molecule has 2 aliphatic rings. The van der Waals surface area contributed by atoms with Crippen LogP contribution in [0.5, 0.6) is 0 Å². The van der Waals surface area contributed by atoms with Crippen molar-refractivity contribution in [3.05, 3.63) is 11.4 Å². The van der Waals surface area contributed by atoms with Crippen molar-refractivity contribution in [2.75, 3.05) is 33.0 Å². The maximum absolute atomic E-state index is 8.52. The second-order valence-electron chi connectivity index (χ2n) is 4.97. The monoisotopic (exact) mass is 266 g/mol. The molecule has 19 heavy (non-hydrogen) atoms. The number of nitrogens with zero attached hydrogens (tertiary/aromatic N) is 2. The van der Waals surface area contributed by atoms with Gasteiger partial charge in [0.05, 0.1) is 44.3 Å². The number of hydrogen-bond donors (Lipinski definition) is 0. The summed E-state index contributed by atoms with van der Waals surface area (Å²) in [7, 11) is 0. The summed E-state index contributed by atoms with van der Waals surface area (Å²) >= 11 is 0. The molecule has 6 nitrogen and oxygen atoms in total. The average Bonchev–Trinajstić information content (AvgIpc) is 2.46. The summed E-state index contributed by atoms with van der Waals surface area (Å²) in [5.74, 6) is 0. The lowest BCUT2D eigenvalue weighted by Crippen LogP contribution is -2.52. The van der Waals surface area contributed by atoms with Crippen molar-refractivity contribution in [2.24, 2.45) is 5.41 Å². The van der Waals surface area contributed by atoms with Crippen molar-refractivity contribution < 1.29 is 18.9 Å².